The second-order valence-electron chi connectivity index (χ2n) is 3.55. The summed E-state index contributed by atoms with van der Waals surface area (Å²) in [7, 11) is 3.34. The van der Waals surface area contributed by atoms with Gasteiger partial charge in [0.2, 0.25) is 0 Å². The van der Waals surface area contributed by atoms with Gasteiger partial charge < -0.3 is 14.8 Å². The molecule has 0 aromatic heterocycles. The topological polar surface area (TPSA) is 30.5 Å². The van der Waals surface area contributed by atoms with E-state index in [0.29, 0.717) is 0 Å². The van der Waals surface area contributed by atoms with Gasteiger partial charge in [0.15, 0.2) is 0 Å². The summed E-state index contributed by atoms with van der Waals surface area (Å²) >= 11 is 0. The van der Waals surface area contributed by atoms with Crippen LogP contribution in [-0.2, 0) is 4.74 Å². The Morgan fingerprint density at radius 2 is 2.06 bits per heavy atom. The zero-order valence-corrected chi connectivity index (χ0v) is 9.95. The van der Waals surface area contributed by atoms with Gasteiger partial charge in [0, 0.05) is 0 Å². The maximum atomic E-state index is 11.9. The van der Waals surface area contributed by atoms with E-state index in [2.05, 4.69) is 5.32 Å². The first-order chi connectivity index (χ1) is 8.17. The molecule has 17 heavy (non-hydrogen) atoms. The molecule has 96 valence electrons. The van der Waals surface area contributed by atoms with E-state index < -0.39 is 13.0 Å². The summed E-state index contributed by atoms with van der Waals surface area (Å²) in [6, 6.07) is 7.31. The minimum Gasteiger partial charge on any atom is -0.497 e. The Balaban J connectivity index is 2.59. The van der Waals surface area contributed by atoms with Crippen molar-refractivity contribution in [2.24, 2.45) is 0 Å². The summed E-state index contributed by atoms with van der Waals surface area (Å²) in [5, 5.41) is 3.02. The second-order valence-corrected chi connectivity index (χ2v) is 3.55. The second kappa shape index (κ2) is 7.19. The summed E-state index contributed by atoms with van der Waals surface area (Å²) < 4.78 is 33.9. The summed E-state index contributed by atoms with van der Waals surface area (Å²) in [6.07, 6.45) is -2.43. The van der Waals surface area contributed by atoms with Gasteiger partial charge in [0.1, 0.15) is 12.4 Å². The van der Waals surface area contributed by atoms with Gasteiger partial charge in [-0.25, -0.2) is 8.78 Å². The number of benzene rings is 1. The lowest BCUT2D eigenvalue weighted by Gasteiger charge is -2.17. The van der Waals surface area contributed by atoms with Crippen molar-refractivity contribution >= 4 is 0 Å². The van der Waals surface area contributed by atoms with Gasteiger partial charge in [-0.1, -0.05) is 12.1 Å². The number of hydrogen-bond acceptors (Lipinski definition) is 3. The summed E-state index contributed by atoms with van der Waals surface area (Å²) in [5.41, 5.74) is 0.945. The number of rotatable bonds is 7. The highest BCUT2D eigenvalue weighted by Crippen LogP contribution is 2.19. The highest BCUT2D eigenvalue weighted by Gasteiger charge is 2.11. The highest BCUT2D eigenvalue weighted by atomic mass is 19.3. The van der Waals surface area contributed by atoms with Gasteiger partial charge in [-0.05, 0) is 24.7 Å². The van der Waals surface area contributed by atoms with Crippen LogP contribution in [0.1, 0.15) is 11.6 Å². The predicted molar refractivity (Wildman–Crippen MR) is 61.6 cm³/mol. The fourth-order valence-corrected chi connectivity index (χ4v) is 1.48. The third-order valence-corrected chi connectivity index (χ3v) is 2.37. The molecule has 5 heteroatoms. The lowest BCUT2D eigenvalue weighted by atomic mass is 10.1. The Kier molecular flexibility index (Phi) is 5.86. The number of ether oxygens (including phenoxy) is 2. The van der Waals surface area contributed by atoms with Gasteiger partial charge in [0.25, 0.3) is 6.43 Å². The molecule has 0 saturated carbocycles. The van der Waals surface area contributed by atoms with E-state index in [-0.39, 0.29) is 12.6 Å². The molecule has 0 bridgehead atoms. The first-order valence-electron chi connectivity index (χ1n) is 5.34. The molecular weight excluding hydrogens is 228 g/mol. The van der Waals surface area contributed by atoms with Crippen LogP contribution in [0.4, 0.5) is 8.78 Å². The number of alkyl halides is 2. The van der Waals surface area contributed by atoms with Crippen molar-refractivity contribution in [2.45, 2.75) is 12.5 Å². The SMILES string of the molecule is CNC(COCC(F)F)c1cccc(OC)c1. The van der Waals surface area contributed by atoms with Crippen LogP contribution in [-0.4, -0.2) is 33.8 Å². The van der Waals surface area contributed by atoms with Crippen LogP contribution in [0.25, 0.3) is 0 Å². The first-order valence-corrected chi connectivity index (χ1v) is 5.34. The molecule has 0 fully saturated rings. The molecule has 0 aliphatic carbocycles. The Morgan fingerprint density at radius 3 is 2.65 bits per heavy atom. The molecule has 0 spiro atoms. The molecule has 0 heterocycles. The van der Waals surface area contributed by atoms with Crippen LogP contribution in [0.15, 0.2) is 24.3 Å². The molecule has 1 unspecified atom stereocenters. The van der Waals surface area contributed by atoms with Crippen molar-refractivity contribution in [3.63, 3.8) is 0 Å². The van der Waals surface area contributed by atoms with Crippen molar-refractivity contribution in [1.29, 1.82) is 0 Å². The first kappa shape index (κ1) is 13.9. The maximum Gasteiger partial charge on any atom is 0.261 e. The van der Waals surface area contributed by atoms with Gasteiger partial charge >= 0.3 is 0 Å². The van der Waals surface area contributed by atoms with E-state index in [0.717, 1.165) is 11.3 Å². The van der Waals surface area contributed by atoms with Crippen molar-refractivity contribution in [3.05, 3.63) is 29.8 Å². The molecule has 1 aromatic rings. The standard InChI is InChI=1S/C12H17F2NO2/c1-15-11(7-17-8-12(13)14)9-4-3-5-10(6-9)16-2/h3-6,11-12,15H,7-8H2,1-2H3. The molecular formula is C12H17F2NO2. The van der Waals surface area contributed by atoms with E-state index in [1.165, 1.54) is 0 Å². The molecule has 3 nitrogen and oxygen atoms in total. The monoisotopic (exact) mass is 245 g/mol. The molecule has 0 amide bonds. The lowest BCUT2D eigenvalue weighted by Crippen LogP contribution is -2.23. The molecule has 0 aliphatic heterocycles. The maximum absolute atomic E-state index is 11.9. The highest BCUT2D eigenvalue weighted by molar-refractivity contribution is 5.30. The summed E-state index contributed by atoms with van der Waals surface area (Å²) in [6.45, 7) is -0.337. The number of methoxy groups -OCH3 is 1. The van der Waals surface area contributed by atoms with E-state index in [4.69, 9.17) is 9.47 Å². The van der Waals surface area contributed by atoms with Crippen LogP contribution >= 0.6 is 0 Å². The van der Waals surface area contributed by atoms with E-state index in [1.54, 1.807) is 14.2 Å². The third-order valence-electron chi connectivity index (χ3n) is 2.37. The van der Waals surface area contributed by atoms with Crippen LogP contribution in [0, 0.1) is 0 Å². The molecule has 0 aliphatic rings. The van der Waals surface area contributed by atoms with E-state index >= 15 is 0 Å². The average Bonchev–Trinajstić information content (AvgIpc) is 2.34. The fourth-order valence-electron chi connectivity index (χ4n) is 1.48. The summed E-state index contributed by atoms with van der Waals surface area (Å²) in [4.78, 5) is 0. The van der Waals surface area contributed by atoms with Crippen LogP contribution < -0.4 is 10.1 Å². The minimum absolute atomic E-state index is 0.121. The predicted octanol–water partition coefficient (Wildman–Crippen LogP) is 2.24. The smallest absolute Gasteiger partial charge is 0.261 e. The van der Waals surface area contributed by atoms with Crippen molar-refractivity contribution in [2.75, 3.05) is 27.4 Å². The Labute approximate surface area is 99.7 Å². The van der Waals surface area contributed by atoms with E-state index in [1.807, 2.05) is 24.3 Å². The Bertz CT molecular complexity index is 334. The normalized spacial score (nSPS) is 12.8. The minimum atomic E-state index is -2.43. The van der Waals surface area contributed by atoms with Crippen LogP contribution in [0.2, 0.25) is 0 Å². The number of halogens is 2. The van der Waals surface area contributed by atoms with E-state index in [9.17, 15) is 8.78 Å². The molecule has 0 radical (unpaired) electrons. The molecule has 1 N–H and O–H groups in total. The van der Waals surface area contributed by atoms with Crippen LogP contribution in [0.5, 0.6) is 5.75 Å². The largest absolute Gasteiger partial charge is 0.497 e. The average molecular weight is 245 g/mol. The molecule has 1 atom stereocenters. The Morgan fingerprint density at radius 1 is 1.29 bits per heavy atom. The zero-order valence-electron chi connectivity index (χ0n) is 9.95. The summed E-state index contributed by atoms with van der Waals surface area (Å²) in [5.74, 6) is 0.733. The third kappa shape index (κ3) is 4.66. The van der Waals surface area contributed by atoms with Gasteiger partial charge in [-0.3, -0.25) is 0 Å². The Hall–Kier alpha value is -1.20. The zero-order chi connectivity index (χ0) is 12.7. The van der Waals surface area contributed by atoms with Gasteiger partial charge in [0.05, 0.1) is 19.8 Å². The number of hydrogen-bond donors (Lipinski definition) is 1. The quantitative estimate of drug-likeness (QED) is 0.799. The molecule has 1 aromatic carbocycles. The number of likely N-dealkylation sites (N-methyl/N-ethyl adjacent to an activating group) is 1. The van der Waals surface area contributed by atoms with Gasteiger partial charge in [-0.15, -0.1) is 0 Å². The van der Waals surface area contributed by atoms with Crippen molar-refractivity contribution < 1.29 is 18.3 Å². The lowest BCUT2D eigenvalue weighted by molar-refractivity contribution is 0.00984. The molecule has 1 rings (SSSR count). The van der Waals surface area contributed by atoms with Gasteiger partial charge in [-0.2, -0.15) is 0 Å². The fraction of sp³-hybridized carbons (Fsp3) is 0.500. The van der Waals surface area contributed by atoms with Crippen molar-refractivity contribution in [1.82, 2.24) is 5.32 Å². The van der Waals surface area contributed by atoms with Crippen LogP contribution in [0.3, 0.4) is 0 Å². The number of nitrogens with one attached hydrogen (secondary N) is 1. The molecule has 0 saturated heterocycles. The van der Waals surface area contributed by atoms with Crippen molar-refractivity contribution in [3.8, 4) is 5.75 Å².